The Balaban J connectivity index is 1.39. The molecule has 1 aromatic carbocycles. The second kappa shape index (κ2) is 7.62. The Morgan fingerprint density at radius 2 is 2.11 bits per heavy atom. The molecule has 28 heavy (non-hydrogen) atoms. The summed E-state index contributed by atoms with van der Waals surface area (Å²) >= 11 is 0. The van der Waals surface area contributed by atoms with Gasteiger partial charge in [0, 0.05) is 57.2 Å². The standard InChI is InChI=1S/C20H26N4O4/c1-28-12-20(10-22-11-20)9-21-7-13-2-3-14-8-24(19(27)15(14)6-13)16-4-5-17(25)23-18(16)26/h2-3,6,16,21-22H,4-5,7-12H2,1H3,(H,23,25,26). The second-order valence-corrected chi connectivity index (χ2v) is 8.03. The molecule has 0 saturated carbocycles. The number of imide groups is 1. The number of fused-ring (bicyclic) bond motifs is 1. The summed E-state index contributed by atoms with van der Waals surface area (Å²) in [6, 6.07) is 5.33. The fraction of sp³-hybridized carbons (Fsp3) is 0.550. The Labute approximate surface area is 164 Å². The van der Waals surface area contributed by atoms with Crippen LogP contribution in [0.5, 0.6) is 0 Å². The number of carbonyl (C=O) groups excluding carboxylic acids is 3. The van der Waals surface area contributed by atoms with Crippen molar-refractivity contribution in [1.29, 1.82) is 0 Å². The van der Waals surface area contributed by atoms with E-state index >= 15 is 0 Å². The van der Waals surface area contributed by atoms with Gasteiger partial charge in [-0.2, -0.15) is 0 Å². The third-order valence-corrected chi connectivity index (χ3v) is 5.87. The van der Waals surface area contributed by atoms with Crippen LogP contribution >= 0.6 is 0 Å². The number of nitrogens with zero attached hydrogens (tertiary/aromatic N) is 1. The Bertz CT molecular complexity index is 805. The summed E-state index contributed by atoms with van der Waals surface area (Å²) in [5.74, 6) is -0.783. The van der Waals surface area contributed by atoms with Gasteiger partial charge in [0.15, 0.2) is 0 Å². The molecule has 0 bridgehead atoms. The van der Waals surface area contributed by atoms with Crippen molar-refractivity contribution >= 4 is 17.7 Å². The van der Waals surface area contributed by atoms with Gasteiger partial charge in [0.25, 0.3) is 5.91 Å². The molecule has 8 nitrogen and oxygen atoms in total. The van der Waals surface area contributed by atoms with Crippen LogP contribution in [0, 0.1) is 5.41 Å². The van der Waals surface area contributed by atoms with E-state index in [0.717, 1.165) is 37.4 Å². The molecule has 0 aromatic heterocycles. The minimum atomic E-state index is -0.570. The van der Waals surface area contributed by atoms with Crippen molar-refractivity contribution in [3.8, 4) is 0 Å². The van der Waals surface area contributed by atoms with Crippen LogP contribution in [0.3, 0.4) is 0 Å². The van der Waals surface area contributed by atoms with E-state index in [1.165, 1.54) is 0 Å². The normalized spacial score (nSPS) is 23.4. The topological polar surface area (TPSA) is 99.8 Å². The van der Waals surface area contributed by atoms with E-state index in [2.05, 4.69) is 16.0 Å². The summed E-state index contributed by atoms with van der Waals surface area (Å²) in [5.41, 5.74) is 2.76. The van der Waals surface area contributed by atoms with Crippen LogP contribution < -0.4 is 16.0 Å². The highest BCUT2D eigenvalue weighted by Crippen LogP contribution is 2.28. The summed E-state index contributed by atoms with van der Waals surface area (Å²) in [4.78, 5) is 37.9. The molecule has 8 heteroatoms. The molecule has 2 saturated heterocycles. The van der Waals surface area contributed by atoms with Crippen molar-refractivity contribution in [2.75, 3.05) is 33.4 Å². The predicted octanol–water partition coefficient (Wildman–Crippen LogP) is -0.227. The highest BCUT2D eigenvalue weighted by atomic mass is 16.5. The lowest BCUT2D eigenvalue weighted by Crippen LogP contribution is -2.60. The van der Waals surface area contributed by atoms with E-state index in [9.17, 15) is 14.4 Å². The number of rotatable bonds is 7. The van der Waals surface area contributed by atoms with Gasteiger partial charge in [0.1, 0.15) is 6.04 Å². The molecular weight excluding hydrogens is 360 g/mol. The number of piperidine rings is 1. The van der Waals surface area contributed by atoms with Crippen molar-refractivity contribution in [1.82, 2.24) is 20.9 Å². The van der Waals surface area contributed by atoms with Crippen molar-refractivity contribution in [3.63, 3.8) is 0 Å². The maximum absolute atomic E-state index is 12.9. The first kappa shape index (κ1) is 19.0. The number of amides is 3. The lowest BCUT2D eigenvalue weighted by molar-refractivity contribution is -0.136. The molecule has 2 fully saturated rings. The largest absolute Gasteiger partial charge is 0.384 e. The molecule has 0 spiro atoms. The maximum atomic E-state index is 12.9. The van der Waals surface area contributed by atoms with Gasteiger partial charge in [0.05, 0.1) is 6.61 Å². The predicted molar refractivity (Wildman–Crippen MR) is 101 cm³/mol. The van der Waals surface area contributed by atoms with Gasteiger partial charge < -0.3 is 20.3 Å². The number of benzene rings is 1. The van der Waals surface area contributed by atoms with Crippen LogP contribution in [0.15, 0.2) is 18.2 Å². The zero-order valence-corrected chi connectivity index (χ0v) is 16.0. The quantitative estimate of drug-likeness (QED) is 0.560. The number of nitrogens with one attached hydrogen (secondary N) is 3. The van der Waals surface area contributed by atoms with Crippen molar-refractivity contribution in [2.45, 2.75) is 32.0 Å². The average molecular weight is 386 g/mol. The van der Waals surface area contributed by atoms with E-state index in [4.69, 9.17) is 4.74 Å². The molecule has 3 heterocycles. The first-order valence-corrected chi connectivity index (χ1v) is 9.68. The van der Waals surface area contributed by atoms with Gasteiger partial charge in [-0.15, -0.1) is 0 Å². The van der Waals surface area contributed by atoms with E-state index in [1.54, 1.807) is 12.0 Å². The van der Waals surface area contributed by atoms with Gasteiger partial charge in [-0.1, -0.05) is 12.1 Å². The minimum Gasteiger partial charge on any atom is -0.384 e. The average Bonchev–Trinajstić information content (AvgIpc) is 2.96. The van der Waals surface area contributed by atoms with E-state index in [1.807, 2.05) is 18.2 Å². The SMILES string of the molecule is COCC1(CNCc2ccc3c(c2)C(=O)N(C2CCC(=O)NC2=O)C3)CNC1. The Morgan fingerprint density at radius 1 is 1.29 bits per heavy atom. The molecule has 1 atom stereocenters. The maximum Gasteiger partial charge on any atom is 0.255 e. The first-order chi connectivity index (χ1) is 13.5. The monoisotopic (exact) mass is 386 g/mol. The Kier molecular flexibility index (Phi) is 5.18. The Hall–Kier alpha value is -2.29. The molecule has 3 amide bonds. The van der Waals surface area contributed by atoms with Crippen molar-refractivity contribution in [3.05, 3.63) is 34.9 Å². The number of methoxy groups -OCH3 is 1. The molecule has 1 aromatic rings. The van der Waals surface area contributed by atoms with Crippen LogP contribution in [-0.4, -0.2) is 62.0 Å². The number of ether oxygens (including phenoxy) is 1. The summed E-state index contributed by atoms with van der Waals surface area (Å²) in [7, 11) is 1.72. The van der Waals surface area contributed by atoms with E-state index in [0.29, 0.717) is 25.1 Å². The van der Waals surface area contributed by atoms with Gasteiger partial charge in [-0.05, 0) is 23.6 Å². The fourth-order valence-corrected chi connectivity index (χ4v) is 4.25. The van der Waals surface area contributed by atoms with E-state index in [-0.39, 0.29) is 29.6 Å². The van der Waals surface area contributed by atoms with Crippen molar-refractivity contribution < 1.29 is 19.1 Å². The summed E-state index contributed by atoms with van der Waals surface area (Å²) in [6.07, 6.45) is 0.651. The van der Waals surface area contributed by atoms with Crippen LogP contribution in [0.25, 0.3) is 0 Å². The smallest absolute Gasteiger partial charge is 0.255 e. The van der Waals surface area contributed by atoms with Gasteiger partial charge in [0.2, 0.25) is 11.8 Å². The second-order valence-electron chi connectivity index (χ2n) is 8.03. The summed E-state index contributed by atoms with van der Waals surface area (Å²) < 4.78 is 5.33. The zero-order chi connectivity index (χ0) is 19.7. The van der Waals surface area contributed by atoms with Crippen LogP contribution in [0.1, 0.15) is 34.3 Å². The Morgan fingerprint density at radius 3 is 2.79 bits per heavy atom. The molecule has 3 aliphatic rings. The van der Waals surface area contributed by atoms with Crippen LogP contribution in [0.2, 0.25) is 0 Å². The summed E-state index contributed by atoms with van der Waals surface area (Å²) in [6.45, 7) is 4.54. The lowest BCUT2D eigenvalue weighted by Gasteiger charge is -2.42. The molecule has 1 unspecified atom stereocenters. The van der Waals surface area contributed by atoms with Crippen LogP contribution in [0.4, 0.5) is 0 Å². The molecule has 4 rings (SSSR count). The lowest BCUT2D eigenvalue weighted by atomic mass is 9.82. The first-order valence-electron chi connectivity index (χ1n) is 9.68. The van der Waals surface area contributed by atoms with Crippen LogP contribution in [-0.2, 0) is 27.4 Å². The van der Waals surface area contributed by atoms with E-state index < -0.39 is 6.04 Å². The number of hydrogen-bond donors (Lipinski definition) is 3. The third kappa shape index (κ3) is 3.55. The summed E-state index contributed by atoms with van der Waals surface area (Å²) in [5, 5.41) is 9.10. The van der Waals surface area contributed by atoms with Gasteiger partial charge in [-0.25, -0.2) is 0 Å². The van der Waals surface area contributed by atoms with Gasteiger partial charge >= 0.3 is 0 Å². The zero-order valence-electron chi connectivity index (χ0n) is 16.0. The molecule has 0 aliphatic carbocycles. The minimum absolute atomic E-state index is 0.134. The molecule has 3 aliphatic heterocycles. The van der Waals surface area contributed by atoms with Crippen molar-refractivity contribution in [2.24, 2.45) is 5.41 Å². The highest BCUT2D eigenvalue weighted by Gasteiger charge is 2.39. The molecule has 0 radical (unpaired) electrons. The number of hydrogen-bond acceptors (Lipinski definition) is 6. The molecule has 3 N–H and O–H groups in total. The highest BCUT2D eigenvalue weighted by molar-refractivity contribution is 6.05. The fourth-order valence-electron chi connectivity index (χ4n) is 4.25. The molecular formula is C20H26N4O4. The van der Waals surface area contributed by atoms with Gasteiger partial charge in [-0.3, -0.25) is 19.7 Å². The number of carbonyl (C=O) groups is 3. The molecule has 150 valence electrons. The third-order valence-electron chi connectivity index (χ3n) is 5.87.